The number of hydrogen-bond acceptors (Lipinski definition) is 4. The lowest BCUT2D eigenvalue weighted by Gasteiger charge is -2.04. The number of aromatic nitrogens is 3. The van der Waals surface area contributed by atoms with E-state index in [1.807, 2.05) is 25.2 Å². The van der Waals surface area contributed by atoms with E-state index in [9.17, 15) is 0 Å². The molecule has 0 radical (unpaired) electrons. The number of nitrogens with one attached hydrogen (secondary N) is 1. The predicted molar refractivity (Wildman–Crippen MR) is 54.8 cm³/mol. The quantitative estimate of drug-likeness (QED) is 0.773. The van der Waals surface area contributed by atoms with Gasteiger partial charge in [-0.15, -0.1) is 0 Å². The largest absolute Gasteiger partial charge is 0.371 e. The van der Waals surface area contributed by atoms with Gasteiger partial charge in [-0.2, -0.15) is 0 Å². The van der Waals surface area contributed by atoms with E-state index in [4.69, 9.17) is 0 Å². The maximum absolute atomic E-state index is 4.23. The Morgan fingerprint density at radius 1 is 1.00 bits per heavy atom. The second kappa shape index (κ2) is 3.83. The van der Waals surface area contributed by atoms with Gasteiger partial charge in [-0.1, -0.05) is 6.07 Å². The highest BCUT2D eigenvalue weighted by molar-refractivity contribution is 5.67. The third-order valence-corrected chi connectivity index (χ3v) is 1.84. The van der Waals surface area contributed by atoms with Crippen molar-refractivity contribution in [3.05, 3.63) is 36.8 Å². The second-order valence-corrected chi connectivity index (χ2v) is 2.72. The van der Waals surface area contributed by atoms with Crippen LogP contribution in [0.5, 0.6) is 0 Å². The van der Waals surface area contributed by atoms with Crippen LogP contribution in [0.25, 0.3) is 11.4 Å². The van der Waals surface area contributed by atoms with Crippen molar-refractivity contribution in [2.45, 2.75) is 0 Å². The van der Waals surface area contributed by atoms with Gasteiger partial charge in [-0.25, -0.2) is 9.97 Å². The molecule has 0 atom stereocenters. The summed E-state index contributed by atoms with van der Waals surface area (Å²) in [5.41, 5.74) is 1.60. The molecule has 2 aromatic rings. The van der Waals surface area contributed by atoms with E-state index < -0.39 is 0 Å². The van der Waals surface area contributed by atoms with Gasteiger partial charge in [0.05, 0.1) is 5.69 Å². The molecule has 0 saturated carbocycles. The first-order chi connectivity index (χ1) is 6.92. The van der Waals surface area contributed by atoms with Crippen LogP contribution in [0.15, 0.2) is 36.8 Å². The Hall–Kier alpha value is -1.97. The van der Waals surface area contributed by atoms with Crippen molar-refractivity contribution >= 4 is 5.82 Å². The smallest absolute Gasteiger partial charge is 0.153 e. The highest BCUT2D eigenvalue weighted by Gasteiger charge is 2.05. The Bertz CT molecular complexity index is 413. The van der Waals surface area contributed by atoms with E-state index in [2.05, 4.69) is 20.3 Å². The van der Waals surface area contributed by atoms with Crippen LogP contribution in [0.3, 0.4) is 0 Å². The summed E-state index contributed by atoms with van der Waals surface area (Å²) in [5.74, 6) is 0.742. The van der Waals surface area contributed by atoms with Crippen LogP contribution >= 0.6 is 0 Å². The van der Waals surface area contributed by atoms with Crippen LogP contribution in [0.2, 0.25) is 0 Å². The minimum Gasteiger partial charge on any atom is -0.371 e. The van der Waals surface area contributed by atoms with E-state index in [0.717, 1.165) is 17.2 Å². The highest BCUT2D eigenvalue weighted by atomic mass is 15.0. The van der Waals surface area contributed by atoms with E-state index in [-0.39, 0.29) is 0 Å². The third kappa shape index (κ3) is 1.54. The Morgan fingerprint density at radius 2 is 1.86 bits per heavy atom. The van der Waals surface area contributed by atoms with E-state index >= 15 is 0 Å². The zero-order valence-electron chi connectivity index (χ0n) is 7.81. The van der Waals surface area contributed by atoms with Gasteiger partial charge in [0.15, 0.2) is 5.82 Å². The van der Waals surface area contributed by atoms with Crippen LogP contribution in [-0.4, -0.2) is 22.0 Å². The molecule has 14 heavy (non-hydrogen) atoms. The number of pyridine rings is 1. The molecular formula is C10H10N4. The first kappa shape index (κ1) is 8.62. The molecule has 0 fully saturated rings. The van der Waals surface area contributed by atoms with Gasteiger partial charge in [0.25, 0.3) is 0 Å². The van der Waals surface area contributed by atoms with Gasteiger partial charge in [0.2, 0.25) is 0 Å². The van der Waals surface area contributed by atoms with Crippen molar-refractivity contribution in [2.24, 2.45) is 0 Å². The SMILES string of the molecule is CNc1nccnc1-c1ccccn1. The zero-order valence-corrected chi connectivity index (χ0v) is 7.81. The second-order valence-electron chi connectivity index (χ2n) is 2.72. The summed E-state index contributed by atoms with van der Waals surface area (Å²) in [5, 5.41) is 2.98. The summed E-state index contributed by atoms with van der Waals surface area (Å²) >= 11 is 0. The molecule has 0 aliphatic carbocycles. The molecule has 0 unspecified atom stereocenters. The van der Waals surface area contributed by atoms with E-state index in [0.29, 0.717) is 0 Å². The Kier molecular flexibility index (Phi) is 2.36. The fraction of sp³-hybridized carbons (Fsp3) is 0.100. The van der Waals surface area contributed by atoms with Crippen LogP contribution < -0.4 is 5.32 Å². The first-order valence-electron chi connectivity index (χ1n) is 4.32. The van der Waals surface area contributed by atoms with Crippen LogP contribution in [0, 0.1) is 0 Å². The standard InChI is InChI=1S/C10H10N4/c1-11-10-9(13-6-7-14-10)8-4-2-3-5-12-8/h2-7H,1H3,(H,11,14). The number of nitrogens with zero attached hydrogens (tertiary/aromatic N) is 3. The van der Waals surface area contributed by atoms with Gasteiger partial charge >= 0.3 is 0 Å². The highest BCUT2D eigenvalue weighted by Crippen LogP contribution is 2.19. The molecular weight excluding hydrogens is 176 g/mol. The van der Waals surface area contributed by atoms with Gasteiger partial charge < -0.3 is 5.32 Å². The molecule has 2 aromatic heterocycles. The van der Waals surface area contributed by atoms with Crippen LogP contribution in [0.4, 0.5) is 5.82 Å². The first-order valence-corrected chi connectivity index (χ1v) is 4.32. The van der Waals surface area contributed by atoms with Gasteiger partial charge in [0.1, 0.15) is 5.69 Å². The van der Waals surface area contributed by atoms with E-state index in [1.54, 1.807) is 18.6 Å². The number of hydrogen-bond donors (Lipinski definition) is 1. The van der Waals surface area contributed by atoms with Crippen molar-refractivity contribution in [2.75, 3.05) is 12.4 Å². The molecule has 0 spiro atoms. The monoisotopic (exact) mass is 186 g/mol. The van der Waals surface area contributed by atoms with Crippen molar-refractivity contribution in [3.63, 3.8) is 0 Å². The lowest BCUT2D eigenvalue weighted by molar-refractivity contribution is 1.17. The predicted octanol–water partition coefficient (Wildman–Crippen LogP) is 1.58. The zero-order chi connectivity index (χ0) is 9.80. The molecule has 0 saturated heterocycles. The van der Waals surface area contributed by atoms with Crippen molar-refractivity contribution in [3.8, 4) is 11.4 Å². The Morgan fingerprint density at radius 3 is 2.57 bits per heavy atom. The minimum absolute atomic E-state index is 0.742. The normalized spacial score (nSPS) is 9.79. The van der Waals surface area contributed by atoms with Crippen molar-refractivity contribution in [1.29, 1.82) is 0 Å². The summed E-state index contributed by atoms with van der Waals surface area (Å²) in [6, 6.07) is 5.71. The van der Waals surface area contributed by atoms with Crippen LogP contribution in [-0.2, 0) is 0 Å². The average Bonchev–Trinajstić information content (AvgIpc) is 2.30. The summed E-state index contributed by atoms with van der Waals surface area (Å²) in [6.45, 7) is 0. The molecule has 1 N–H and O–H groups in total. The Labute approximate surface area is 82.1 Å². The van der Waals surface area contributed by atoms with Gasteiger partial charge in [0, 0.05) is 25.6 Å². The maximum Gasteiger partial charge on any atom is 0.153 e. The molecule has 0 amide bonds. The lowest BCUT2D eigenvalue weighted by atomic mass is 10.2. The summed E-state index contributed by atoms with van der Waals surface area (Å²) < 4.78 is 0. The third-order valence-electron chi connectivity index (χ3n) is 1.84. The van der Waals surface area contributed by atoms with Crippen molar-refractivity contribution < 1.29 is 0 Å². The molecule has 0 bridgehead atoms. The molecule has 0 aliphatic heterocycles. The fourth-order valence-electron chi connectivity index (χ4n) is 1.21. The number of rotatable bonds is 2. The molecule has 4 nitrogen and oxygen atoms in total. The van der Waals surface area contributed by atoms with Crippen LogP contribution in [0.1, 0.15) is 0 Å². The molecule has 70 valence electrons. The molecule has 0 aromatic carbocycles. The fourth-order valence-corrected chi connectivity index (χ4v) is 1.21. The van der Waals surface area contributed by atoms with E-state index in [1.165, 1.54) is 0 Å². The summed E-state index contributed by atoms with van der Waals surface area (Å²) in [4.78, 5) is 12.6. The molecule has 2 heterocycles. The summed E-state index contributed by atoms with van der Waals surface area (Å²) in [7, 11) is 1.82. The minimum atomic E-state index is 0.742. The maximum atomic E-state index is 4.23. The average molecular weight is 186 g/mol. The number of anilines is 1. The molecule has 4 heteroatoms. The summed E-state index contributed by atoms with van der Waals surface area (Å²) in [6.07, 6.45) is 5.05. The van der Waals surface area contributed by atoms with Crippen molar-refractivity contribution in [1.82, 2.24) is 15.0 Å². The molecule has 2 rings (SSSR count). The molecule has 0 aliphatic rings. The van der Waals surface area contributed by atoms with Gasteiger partial charge in [-0.05, 0) is 12.1 Å². The topological polar surface area (TPSA) is 50.7 Å². The Balaban J connectivity index is 2.51. The van der Waals surface area contributed by atoms with Gasteiger partial charge in [-0.3, -0.25) is 4.98 Å². The lowest BCUT2D eigenvalue weighted by Crippen LogP contribution is -1.98.